The zero-order valence-corrected chi connectivity index (χ0v) is 18.6. The highest BCUT2D eigenvalue weighted by molar-refractivity contribution is 5.37. The summed E-state index contributed by atoms with van der Waals surface area (Å²) >= 11 is 0. The van der Waals surface area contributed by atoms with Gasteiger partial charge in [0.05, 0.1) is 12.7 Å². The van der Waals surface area contributed by atoms with E-state index in [9.17, 15) is 13.2 Å². The molecule has 2 aromatic carbocycles. The Balaban J connectivity index is 0.000000199. The summed E-state index contributed by atoms with van der Waals surface area (Å²) in [7, 11) is 5.84. The zero-order valence-electron chi connectivity index (χ0n) is 18.6. The minimum atomic E-state index is -4.22. The first-order chi connectivity index (χ1) is 14.3. The van der Waals surface area contributed by atoms with Gasteiger partial charge in [-0.05, 0) is 73.5 Å². The molecule has 2 aromatic rings. The Morgan fingerprint density at radius 1 is 0.767 bits per heavy atom. The molecule has 166 valence electrons. The van der Waals surface area contributed by atoms with E-state index in [1.54, 1.807) is 13.2 Å². The van der Waals surface area contributed by atoms with E-state index in [1.165, 1.54) is 23.7 Å². The van der Waals surface area contributed by atoms with Gasteiger partial charge in [0.1, 0.15) is 5.75 Å². The molecular weight excluding hydrogens is 389 g/mol. The summed E-state index contributed by atoms with van der Waals surface area (Å²) in [6.45, 7) is 7.79. The van der Waals surface area contributed by atoms with Gasteiger partial charge in [-0.25, -0.2) is 0 Å². The maximum Gasteiger partial charge on any atom is 0.416 e. The summed E-state index contributed by atoms with van der Waals surface area (Å²) in [4.78, 5) is 4.44. The van der Waals surface area contributed by atoms with Crippen LogP contribution in [0.25, 0.3) is 0 Å². The van der Waals surface area contributed by atoms with Crippen molar-refractivity contribution < 1.29 is 17.9 Å². The van der Waals surface area contributed by atoms with E-state index in [2.05, 4.69) is 29.0 Å². The van der Waals surface area contributed by atoms with Crippen molar-refractivity contribution in [2.75, 3.05) is 34.3 Å². The molecule has 3 nitrogen and oxygen atoms in total. The third-order valence-electron chi connectivity index (χ3n) is 5.35. The average molecular weight is 423 g/mol. The summed E-state index contributed by atoms with van der Waals surface area (Å²) in [6.07, 6.45) is -2.36. The van der Waals surface area contributed by atoms with Crippen molar-refractivity contribution in [1.82, 2.24) is 9.80 Å². The molecular formula is C24H33F3N2O. The fraction of sp³-hybridized carbons (Fsp3) is 0.500. The third kappa shape index (κ3) is 6.47. The van der Waals surface area contributed by atoms with Crippen LogP contribution >= 0.6 is 0 Å². The van der Waals surface area contributed by atoms with Crippen LogP contribution in [-0.2, 0) is 32.1 Å². The number of hydrogen-bond acceptors (Lipinski definition) is 3. The number of fused-ring (bicyclic) bond motifs is 2. The molecule has 0 fully saturated rings. The van der Waals surface area contributed by atoms with Crippen LogP contribution in [0.4, 0.5) is 13.2 Å². The molecule has 2 aliphatic heterocycles. The Kier molecular flexibility index (Phi) is 8.74. The smallest absolute Gasteiger partial charge is 0.416 e. The molecule has 0 radical (unpaired) electrons. The van der Waals surface area contributed by atoms with E-state index >= 15 is 0 Å². The molecule has 0 aliphatic carbocycles. The summed E-state index contributed by atoms with van der Waals surface area (Å²) in [5.41, 5.74) is 4.19. The Hall–Kier alpha value is -2.05. The number of hydrogen-bond donors (Lipinski definition) is 0. The first-order valence-electron chi connectivity index (χ1n) is 10.5. The van der Waals surface area contributed by atoms with Crippen LogP contribution in [0.5, 0.6) is 5.75 Å². The lowest BCUT2D eigenvalue weighted by Gasteiger charge is -2.25. The zero-order chi connectivity index (χ0) is 22.3. The highest BCUT2D eigenvalue weighted by Gasteiger charge is 2.31. The summed E-state index contributed by atoms with van der Waals surface area (Å²) in [5.74, 6) is 0.967. The van der Waals surface area contributed by atoms with Gasteiger partial charge in [-0.15, -0.1) is 0 Å². The van der Waals surface area contributed by atoms with Gasteiger partial charge in [0.15, 0.2) is 0 Å². The molecule has 0 saturated heterocycles. The number of halogens is 3. The Labute approximate surface area is 178 Å². The fourth-order valence-corrected chi connectivity index (χ4v) is 3.67. The fourth-order valence-electron chi connectivity index (χ4n) is 3.67. The van der Waals surface area contributed by atoms with Crippen molar-refractivity contribution in [3.8, 4) is 5.75 Å². The number of alkyl halides is 3. The van der Waals surface area contributed by atoms with Crippen LogP contribution in [0.3, 0.4) is 0 Å². The number of rotatable bonds is 1. The molecule has 0 saturated carbocycles. The molecule has 30 heavy (non-hydrogen) atoms. The SMILES string of the molecule is CC.CN1CCc2cc(C(F)(F)F)ccc2C1.COc1ccc2c(c1)CN(C)CC2. The van der Waals surface area contributed by atoms with E-state index in [1.807, 2.05) is 27.0 Å². The number of ether oxygens (including phenoxy) is 1. The lowest BCUT2D eigenvalue weighted by atomic mass is 9.97. The Morgan fingerprint density at radius 2 is 1.33 bits per heavy atom. The van der Waals surface area contributed by atoms with Gasteiger partial charge in [-0.1, -0.05) is 26.0 Å². The molecule has 0 aromatic heterocycles. The maximum atomic E-state index is 12.4. The predicted octanol–water partition coefficient (Wildman–Crippen LogP) is 5.40. The molecule has 0 unspecified atom stereocenters. The van der Waals surface area contributed by atoms with Crippen molar-refractivity contribution in [1.29, 1.82) is 0 Å². The normalized spacial score (nSPS) is 16.3. The van der Waals surface area contributed by atoms with Crippen LogP contribution in [0.15, 0.2) is 36.4 Å². The van der Waals surface area contributed by atoms with Crippen molar-refractivity contribution in [2.45, 2.75) is 46.0 Å². The monoisotopic (exact) mass is 422 g/mol. The topological polar surface area (TPSA) is 15.7 Å². The van der Waals surface area contributed by atoms with Crippen molar-refractivity contribution >= 4 is 0 Å². The van der Waals surface area contributed by atoms with Gasteiger partial charge in [-0.3, -0.25) is 0 Å². The third-order valence-corrected chi connectivity index (χ3v) is 5.35. The van der Waals surface area contributed by atoms with E-state index in [4.69, 9.17) is 4.74 Å². The molecule has 0 bridgehead atoms. The highest BCUT2D eigenvalue weighted by atomic mass is 19.4. The van der Waals surface area contributed by atoms with Crippen LogP contribution < -0.4 is 4.74 Å². The van der Waals surface area contributed by atoms with Crippen molar-refractivity contribution in [3.63, 3.8) is 0 Å². The minimum Gasteiger partial charge on any atom is -0.497 e. The van der Waals surface area contributed by atoms with Crippen LogP contribution in [0, 0.1) is 0 Å². The van der Waals surface area contributed by atoms with Crippen LogP contribution in [0.2, 0.25) is 0 Å². The molecule has 2 heterocycles. The van der Waals surface area contributed by atoms with E-state index in [0.717, 1.165) is 49.0 Å². The standard InChI is InChI=1S/C11H12F3N.C11H15NO.C2H6/c1-15-5-4-8-6-10(11(12,13)14)3-2-9(8)7-15;1-12-6-5-9-3-4-11(13-2)7-10(9)8-12;1-2/h2-3,6H,4-5,7H2,1H3;3-4,7H,5-6,8H2,1-2H3;1-2H3. The van der Waals surface area contributed by atoms with Gasteiger partial charge in [0.2, 0.25) is 0 Å². The van der Waals surface area contributed by atoms with Gasteiger partial charge in [0.25, 0.3) is 0 Å². The van der Waals surface area contributed by atoms with Crippen molar-refractivity contribution in [2.24, 2.45) is 0 Å². The highest BCUT2D eigenvalue weighted by Crippen LogP contribution is 2.31. The van der Waals surface area contributed by atoms with Crippen molar-refractivity contribution in [3.05, 3.63) is 64.2 Å². The molecule has 0 spiro atoms. The van der Waals surface area contributed by atoms with Crippen LogP contribution in [-0.4, -0.2) is 44.1 Å². The van der Waals surface area contributed by atoms with Crippen LogP contribution in [0.1, 0.15) is 41.7 Å². The number of benzene rings is 2. The molecule has 0 N–H and O–H groups in total. The number of methoxy groups -OCH3 is 1. The predicted molar refractivity (Wildman–Crippen MR) is 116 cm³/mol. The van der Waals surface area contributed by atoms with Gasteiger partial charge < -0.3 is 14.5 Å². The second kappa shape index (κ2) is 10.8. The molecule has 0 amide bonds. The first-order valence-corrected chi connectivity index (χ1v) is 10.5. The van der Waals surface area contributed by atoms with E-state index in [0.29, 0.717) is 6.42 Å². The second-order valence-corrected chi connectivity index (χ2v) is 7.59. The summed E-state index contributed by atoms with van der Waals surface area (Å²) in [6, 6.07) is 10.4. The quantitative estimate of drug-likeness (QED) is 0.612. The second-order valence-electron chi connectivity index (χ2n) is 7.59. The number of likely N-dealkylation sites (N-methyl/N-ethyl adjacent to an activating group) is 2. The minimum absolute atomic E-state index is 0.536. The van der Waals surface area contributed by atoms with Gasteiger partial charge in [0, 0.05) is 26.2 Å². The summed E-state index contributed by atoms with van der Waals surface area (Å²) in [5, 5.41) is 0. The first kappa shape index (κ1) is 24.2. The lowest BCUT2D eigenvalue weighted by Crippen LogP contribution is -2.26. The molecule has 6 heteroatoms. The molecule has 2 aliphatic rings. The lowest BCUT2D eigenvalue weighted by molar-refractivity contribution is -0.137. The maximum absolute atomic E-state index is 12.4. The largest absolute Gasteiger partial charge is 0.497 e. The molecule has 0 atom stereocenters. The van der Waals surface area contributed by atoms with E-state index in [-0.39, 0.29) is 0 Å². The van der Waals surface area contributed by atoms with Gasteiger partial charge >= 0.3 is 6.18 Å². The van der Waals surface area contributed by atoms with Gasteiger partial charge in [-0.2, -0.15) is 13.2 Å². The Bertz CT molecular complexity index is 821. The average Bonchev–Trinajstić information content (AvgIpc) is 2.74. The number of nitrogens with zero attached hydrogens (tertiary/aromatic N) is 2. The van der Waals surface area contributed by atoms with E-state index < -0.39 is 11.7 Å². The molecule has 4 rings (SSSR count). The Morgan fingerprint density at radius 3 is 1.93 bits per heavy atom. The summed E-state index contributed by atoms with van der Waals surface area (Å²) < 4.78 is 42.5.